The van der Waals surface area contributed by atoms with Gasteiger partial charge in [-0.15, -0.1) is 0 Å². The van der Waals surface area contributed by atoms with Crippen LogP contribution in [-0.2, 0) is 22.4 Å². The van der Waals surface area contributed by atoms with Gasteiger partial charge in [0, 0.05) is 12.5 Å². The number of nitrogens with zero attached hydrogens (tertiary/aromatic N) is 1. The Labute approximate surface area is 110 Å². The summed E-state index contributed by atoms with van der Waals surface area (Å²) in [6, 6.07) is 7.19. The molecule has 0 amide bonds. The van der Waals surface area contributed by atoms with Crippen LogP contribution in [-0.4, -0.2) is 22.2 Å². The van der Waals surface area contributed by atoms with Crippen molar-refractivity contribution in [2.45, 2.75) is 19.3 Å². The predicted molar refractivity (Wildman–Crippen MR) is 68.4 cm³/mol. The molecular formula is C14H13NO4. The first kappa shape index (κ1) is 14.5. The van der Waals surface area contributed by atoms with E-state index in [9.17, 15) is 9.59 Å². The van der Waals surface area contributed by atoms with E-state index in [4.69, 9.17) is 15.5 Å². The van der Waals surface area contributed by atoms with Gasteiger partial charge in [0.15, 0.2) is 0 Å². The fraction of sp³-hybridized carbons (Fsp3) is 0.214. The highest BCUT2D eigenvalue weighted by atomic mass is 16.4. The van der Waals surface area contributed by atoms with Crippen LogP contribution >= 0.6 is 0 Å². The Hall–Kier alpha value is -2.61. The van der Waals surface area contributed by atoms with Crippen molar-refractivity contribution < 1.29 is 19.8 Å². The van der Waals surface area contributed by atoms with E-state index in [1.807, 2.05) is 6.07 Å². The SMILES string of the molecule is N#CCc1cccc(C=CC(=O)O)c1CCC(=O)O. The molecule has 0 saturated heterocycles. The molecule has 0 radical (unpaired) electrons. The number of benzene rings is 1. The maximum absolute atomic E-state index is 10.6. The molecule has 5 nitrogen and oxygen atoms in total. The van der Waals surface area contributed by atoms with Gasteiger partial charge in [-0.1, -0.05) is 18.2 Å². The quantitative estimate of drug-likeness (QED) is 0.760. The minimum Gasteiger partial charge on any atom is -0.481 e. The molecule has 5 heteroatoms. The van der Waals surface area contributed by atoms with E-state index in [-0.39, 0.29) is 19.3 Å². The van der Waals surface area contributed by atoms with Crippen LogP contribution < -0.4 is 0 Å². The molecule has 0 aliphatic carbocycles. The lowest BCUT2D eigenvalue weighted by molar-refractivity contribution is -0.137. The molecular weight excluding hydrogens is 246 g/mol. The Morgan fingerprint density at radius 1 is 1.32 bits per heavy atom. The van der Waals surface area contributed by atoms with Crippen molar-refractivity contribution in [2.24, 2.45) is 0 Å². The molecule has 0 aliphatic heterocycles. The molecule has 0 spiro atoms. The monoisotopic (exact) mass is 259 g/mol. The molecule has 0 atom stereocenters. The van der Waals surface area contributed by atoms with Crippen molar-refractivity contribution in [3.05, 3.63) is 41.0 Å². The molecule has 98 valence electrons. The summed E-state index contributed by atoms with van der Waals surface area (Å²) < 4.78 is 0. The van der Waals surface area contributed by atoms with Crippen molar-refractivity contribution in [3.8, 4) is 6.07 Å². The summed E-state index contributed by atoms with van der Waals surface area (Å²) in [5.41, 5.74) is 2.08. The van der Waals surface area contributed by atoms with Gasteiger partial charge in [0.1, 0.15) is 0 Å². The van der Waals surface area contributed by atoms with Crippen LogP contribution in [0, 0.1) is 11.3 Å². The molecule has 0 aliphatic rings. The third-order valence-corrected chi connectivity index (χ3v) is 2.57. The van der Waals surface area contributed by atoms with E-state index < -0.39 is 11.9 Å². The maximum Gasteiger partial charge on any atom is 0.328 e. The van der Waals surface area contributed by atoms with Gasteiger partial charge in [-0.3, -0.25) is 4.79 Å². The third-order valence-electron chi connectivity index (χ3n) is 2.57. The lowest BCUT2D eigenvalue weighted by atomic mass is 9.95. The number of aliphatic carboxylic acids is 2. The molecule has 1 aromatic carbocycles. The zero-order chi connectivity index (χ0) is 14.3. The predicted octanol–water partition coefficient (Wildman–Crippen LogP) is 1.87. The van der Waals surface area contributed by atoms with Crippen LogP contribution in [0.4, 0.5) is 0 Å². The van der Waals surface area contributed by atoms with Gasteiger partial charge in [-0.2, -0.15) is 5.26 Å². The van der Waals surface area contributed by atoms with E-state index in [1.54, 1.807) is 18.2 Å². The van der Waals surface area contributed by atoms with Gasteiger partial charge in [-0.25, -0.2) is 4.79 Å². The topological polar surface area (TPSA) is 98.4 Å². The minimum absolute atomic E-state index is 0.0592. The van der Waals surface area contributed by atoms with Crippen molar-refractivity contribution in [2.75, 3.05) is 0 Å². The molecule has 19 heavy (non-hydrogen) atoms. The molecule has 0 unspecified atom stereocenters. The largest absolute Gasteiger partial charge is 0.481 e. The molecule has 0 bridgehead atoms. The summed E-state index contributed by atoms with van der Waals surface area (Å²) in [5.74, 6) is -2.00. The Morgan fingerprint density at radius 2 is 2.05 bits per heavy atom. The van der Waals surface area contributed by atoms with Crippen LogP contribution in [0.1, 0.15) is 23.1 Å². The number of rotatable bonds is 6. The maximum atomic E-state index is 10.6. The van der Waals surface area contributed by atoms with Crippen molar-refractivity contribution in [3.63, 3.8) is 0 Å². The van der Waals surface area contributed by atoms with Gasteiger partial charge < -0.3 is 10.2 Å². The summed E-state index contributed by atoms with van der Waals surface area (Å²) in [6.45, 7) is 0. The molecule has 0 fully saturated rings. The summed E-state index contributed by atoms with van der Waals surface area (Å²) in [6.07, 6.45) is 2.79. The highest BCUT2D eigenvalue weighted by molar-refractivity contribution is 5.85. The molecule has 0 heterocycles. The Balaban J connectivity index is 3.13. The molecule has 1 aromatic rings. The number of carboxylic acids is 2. The second-order valence-corrected chi connectivity index (χ2v) is 3.89. The van der Waals surface area contributed by atoms with Crippen LogP contribution in [0.5, 0.6) is 0 Å². The third kappa shape index (κ3) is 4.64. The van der Waals surface area contributed by atoms with Gasteiger partial charge in [0.2, 0.25) is 0 Å². The van der Waals surface area contributed by atoms with Gasteiger partial charge in [0.25, 0.3) is 0 Å². The van der Waals surface area contributed by atoms with Crippen LogP contribution in [0.2, 0.25) is 0 Å². The van der Waals surface area contributed by atoms with Crippen LogP contribution in [0.25, 0.3) is 6.08 Å². The summed E-state index contributed by atoms with van der Waals surface area (Å²) in [7, 11) is 0. The lowest BCUT2D eigenvalue weighted by Gasteiger charge is -2.09. The van der Waals surface area contributed by atoms with E-state index >= 15 is 0 Å². The average Bonchev–Trinajstić information content (AvgIpc) is 2.35. The van der Waals surface area contributed by atoms with E-state index in [0.717, 1.165) is 11.6 Å². The minimum atomic E-state index is -1.07. The standard InChI is InChI=1S/C14H13NO4/c15-9-8-11-3-1-2-10(4-6-13(16)17)12(11)5-7-14(18)19/h1-4,6H,5,7-8H2,(H,16,17)(H,18,19). The van der Waals surface area contributed by atoms with Crippen molar-refractivity contribution in [1.82, 2.24) is 0 Å². The number of carboxylic acid groups (broad SMARTS) is 2. The fourth-order valence-corrected chi connectivity index (χ4v) is 1.76. The first-order valence-corrected chi connectivity index (χ1v) is 5.65. The van der Waals surface area contributed by atoms with Gasteiger partial charge >= 0.3 is 11.9 Å². The van der Waals surface area contributed by atoms with Crippen molar-refractivity contribution in [1.29, 1.82) is 5.26 Å². The second kappa shape index (κ2) is 6.97. The number of hydrogen-bond acceptors (Lipinski definition) is 3. The Morgan fingerprint density at radius 3 is 2.63 bits per heavy atom. The first-order chi connectivity index (χ1) is 9.04. The molecule has 2 N–H and O–H groups in total. The number of carbonyl (C=O) groups is 2. The average molecular weight is 259 g/mol. The van der Waals surface area contributed by atoms with E-state index in [0.29, 0.717) is 11.1 Å². The number of nitriles is 1. The van der Waals surface area contributed by atoms with Gasteiger partial charge in [-0.05, 0) is 29.2 Å². The lowest BCUT2D eigenvalue weighted by Crippen LogP contribution is -2.03. The van der Waals surface area contributed by atoms with Crippen LogP contribution in [0.15, 0.2) is 24.3 Å². The highest BCUT2D eigenvalue weighted by Gasteiger charge is 2.09. The summed E-state index contributed by atoms with van der Waals surface area (Å²) in [4.78, 5) is 21.2. The highest BCUT2D eigenvalue weighted by Crippen LogP contribution is 2.19. The van der Waals surface area contributed by atoms with Crippen molar-refractivity contribution >= 4 is 18.0 Å². The normalized spacial score (nSPS) is 10.3. The molecule has 1 rings (SSSR count). The first-order valence-electron chi connectivity index (χ1n) is 5.65. The van der Waals surface area contributed by atoms with E-state index in [1.165, 1.54) is 6.08 Å². The molecule has 0 aromatic heterocycles. The molecule has 0 saturated carbocycles. The fourth-order valence-electron chi connectivity index (χ4n) is 1.76. The second-order valence-electron chi connectivity index (χ2n) is 3.89. The Bertz CT molecular complexity index is 555. The van der Waals surface area contributed by atoms with Crippen LogP contribution in [0.3, 0.4) is 0 Å². The number of hydrogen-bond donors (Lipinski definition) is 2. The zero-order valence-electron chi connectivity index (χ0n) is 10.2. The summed E-state index contributed by atoms with van der Waals surface area (Å²) in [5, 5.41) is 26.1. The summed E-state index contributed by atoms with van der Waals surface area (Å²) >= 11 is 0. The van der Waals surface area contributed by atoms with Gasteiger partial charge in [0.05, 0.1) is 12.5 Å². The smallest absolute Gasteiger partial charge is 0.328 e. The Kier molecular flexibility index (Phi) is 5.30. The zero-order valence-corrected chi connectivity index (χ0v) is 10.2. The van der Waals surface area contributed by atoms with E-state index in [2.05, 4.69) is 0 Å².